The fourth-order valence-electron chi connectivity index (χ4n) is 1.26. The second-order valence-electron chi connectivity index (χ2n) is 4.77. The zero-order valence-electron chi connectivity index (χ0n) is 11.4. The van der Waals surface area contributed by atoms with Gasteiger partial charge in [-0.2, -0.15) is 5.10 Å². The van der Waals surface area contributed by atoms with E-state index in [1.807, 2.05) is 0 Å². The number of methoxy groups -OCH3 is 1. The average Bonchev–Trinajstić information content (AvgIpc) is 2.29. The number of hydrogen-bond donors (Lipinski definition) is 2. The summed E-state index contributed by atoms with van der Waals surface area (Å²) in [6.45, 7) is 5.26. The lowest BCUT2D eigenvalue weighted by molar-refractivity contribution is 0.0529. The molecule has 2 N–H and O–H groups in total. The summed E-state index contributed by atoms with van der Waals surface area (Å²) < 4.78 is 9.96. The molecule has 0 aliphatic heterocycles. The Labute approximate surface area is 112 Å². The van der Waals surface area contributed by atoms with E-state index in [4.69, 9.17) is 9.47 Å². The number of hydrogen-bond acceptors (Lipinski definition) is 5. The first kappa shape index (κ1) is 14.8. The number of aromatic hydroxyl groups is 1. The normalized spacial score (nSPS) is 11.4. The van der Waals surface area contributed by atoms with Gasteiger partial charge in [0.25, 0.3) is 0 Å². The highest BCUT2D eigenvalue weighted by Crippen LogP contribution is 2.27. The molecular weight excluding hydrogens is 248 g/mol. The monoisotopic (exact) mass is 266 g/mol. The minimum atomic E-state index is -0.661. The Morgan fingerprint density at radius 1 is 1.42 bits per heavy atom. The summed E-state index contributed by atoms with van der Waals surface area (Å²) in [5.74, 6) is 0.293. The molecule has 1 aromatic rings. The molecular formula is C13H18N2O4. The van der Waals surface area contributed by atoms with Crippen LogP contribution in [0.4, 0.5) is 4.79 Å². The molecule has 104 valence electrons. The first-order valence-electron chi connectivity index (χ1n) is 5.71. The van der Waals surface area contributed by atoms with Crippen LogP contribution in [0, 0.1) is 0 Å². The fourth-order valence-corrected chi connectivity index (χ4v) is 1.26. The van der Waals surface area contributed by atoms with Crippen molar-refractivity contribution in [3.8, 4) is 11.5 Å². The first-order chi connectivity index (χ1) is 8.83. The third kappa shape index (κ3) is 4.87. The maximum Gasteiger partial charge on any atom is 0.428 e. The highest BCUT2D eigenvalue weighted by molar-refractivity contribution is 5.85. The van der Waals surface area contributed by atoms with Gasteiger partial charge in [-0.05, 0) is 32.9 Å². The zero-order chi connectivity index (χ0) is 14.5. The number of carbonyl (C=O) groups is 1. The molecule has 1 aromatic carbocycles. The van der Waals surface area contributed by atoms with E-state index in [1.54, 1.807) is 39.0 Å². The Hall–Kier alpha value is -2.24. The number of amides is 1. The van der Waals surface area contributed by atoms with Crippen molar-refractivity contribution >= 4 is 12.3 Å². The van der Waals surface area contributed by atoms with E-state index in [0.717, 1.165) is 0 Å². The summed E-state index contributed by atoms with van der Waals surface area (Å²) in [6.07, 6.45) is 0.646. The predicted octanol–water partition coefficient (Wildman–Crippen LogP) is 2.26. The van der Waals surface area contributed by atoms with Crippen molar-refractivity contribution in [1.82, 2.24) is 5.43 Å². The molecule has 0 heterocycles. The number of para-hydroxylation sites is 1. The summed E-state index contributed by atoms with van der Waals surface area (Å²) in [7, 11) is 1.45. The van der Waals surface area contributed by atoms with Gasteiger partial charge in [-0.15, -0.1) is 0 Å². The number of hydrazone groups is 1. The molecule has 0 aliphatic rings. The molecule has 0 aromatic heterocycles. The standard InChI is InChI=1S/C13H18N2O4/c1-13(2,3)19-12(17)15-14-8-9-6-5-7-10(18-4)11(9)16/h5-8,16H,1-4H3,(H,15,17)/b14-8-. The van der Waals surface area contributed by atoms with Crippen LogP contribution in [0.5, 0.6) is 11.5 Å². The number of phenolic OH excluding ortho intramolecular Hbond substituents is 1. The maximum atomic E-state index is 11.3. The van der Waals surface area contributed by atoms with Crippen LogP contribution in [0.3, 0.4) is 0 Å². The van der Waals surface area contributed by atoms with Crippen LogP contribution < -0.4 is 10.2 Å². The molecule has 0 fully saturated rings. The van der Waals surface area contributed by atoms with Gasteiger partial charge in [-0.3, -0.25) is 0 Å². The number of phenols is 1. The van der Waals surface area contributed by atoms with Gasteiger partial charge in [0.1, 0.15) is 5.60 Å². The smallest absolute Gasteiger partial charge is 0.428 e. The number of nitrogens with zero attached hydrogens (tertiary/aromatic N) is 1. The van der Waals surface area contributed by atoms with Gasteiger partial charge in [-0.1, -0.05) is 6.07 Å². The van der Waals surface area contributed by atoms with E-state index in [2.05, 4.69) is 10.5 Å². The topological polar surface area (TPSA) is 80.2 Å². The molecule has 0 saturated heterocycles. The van der Waals surface area contributed by atoms with Crippen molar-refractivity contribution in [2.75, 3.05) is 7.11 Å². The minimum absolute atomic E-state index is 0.0419. The van der Waals surface area contributed by atoms with Gasteiger partial charge in [0.05, 0.1) is 13.3 Å². The zero-order valence-corrected chi connectivity index (χ0v) is 11.4. The van der Waals surface area contributed by atoms with Crippen molar-refractivity contribution in [3.05, 3.63) is 23.8 Å². The van der Waals surface area contributed by atoms with E-state index in [-0.39, 0.29) is 5.75 Å². The molecule has 1 rings (SSSR count). The van der Waals surface area contributed by atoms with Crippen LogP contribution in [0.2, 0.25) is 0 Å². The molecule has 19 heavy (non-hydrogen) atoms. The summed E-state index contributed by atoms with van der Waals surface area (Å²) in [5.41, 5.74) is 2.05. The van der Waals surface area contributed by atoms with E-state index in [1.165, 1.54) is 13.3 Å². The molecule has 6 nitrogen and oxygen atoms in total. The van der Waals surface area contributed by atoms with Gasteiger partial charge < -0.3 is 14.6 Å². The molecule has 0 bridgehead atoms. The highest BCUT2D eigenvalue weighted by Gasteiger charge is 2.15. The Kier molecular flexibility index (Phi) is 4.74. The number of rotatable bonds is 3. The fraction of sp³-hybridized carbons (Fsp3) is 0.385. The van der Waals surface area contributed by atoms with E-state index >= 15 is 0 Å². The van der Waals surface area contributed by atoms with Gasteiger partial charge in [0.2, 0.25) is 0 Å². The Morgan fingerprint density at radius 2 is 2.11 bits per heavy atom. The number of ether oxygens (including phenoxy) is 2. The van der Waals surface area contributed by atoms with Crippen molar-refractivity contribution in [2.24, 2.45) is 5.10 Å². The molecule has 1 amide bonds. The largest absolute Gasteiger partial charge is 0.504 e. The lowest BCUT2D eigenvalue weighted by Gasteiger charge is -2.18. The lowest BCUT2D eigenvalue weighted by Crippen LogP contribution is -2.29. The van der Waals surface area contributed by atoms with E-state index in [9.17, 15) is 9.90 Å². The van der Waals surface area contributed by atoms with Crippen LogP contribution in [-0.2, 0) is 4.74 Å². The number of nitrogens with one attached hydrogen (secondary N) is 1. The van der Waals surface area contributed by atoms with Crippen LogP contribution >= 0.6 is 0 Å². The van der Waals surface area contributed by atoms with E-state index in [0.29, 0.717) is 11.3 Å². The quantitative estimate of drug-likeness (QED) is 0.649. The summed E-state index contributed by atoms with van der Waals surface area (Å²) in [6, 6.07) is 4.96. The predicted molar refractivity (Wildman–Crippen MR) is 71.6 cm³/mol. The Bertz CT molecular complexity index is 478. The molecule has 6 heteroatoms. The Balaban J connectivity index is 2.65. The van der Waals surface area contributed by atoms with Gasteiger partial charge in [0, 0.05) is 5.56 Å². The summed E-state index contributed by atoms with van der Waals surface area (Å²) >= 11 is 0. The SMILES string of the molecule is COc1cccc(/C=N\NC(=O)OC(C)(C)C)c1O. The number of carbonyl (C=O) groups excluding carboxylic acids is 1. The van der Waals surface area contributed by atoms with Gasteiger partial charge in [-0.25, -0.2) is 10.2 Å². The maximum absolute atomic E-state index is 11.3. The van der Waals surface area contributed by atoms with Crippen molar-refractivity contribution in [3.63, 3.8) is 0 Å². The third-order valence-electron chi connectivity index (χ3n) is 2.01. The molecule has 0 spiro atoms. The lowest BCUT2D eigenvalue weighted by atomic mass is 10.2. The third-order valence-corrected chi connectivity index (χ3v) is 2.01. The average molecular weight is 266 g/mol. The molecule has 0 aliphatic carbocycles. The van der Waals surface area contributed by atoms with Crippen molar-refractivity contribution in [2.45, 2.75) is 26.4 Å². The first-order valence-corrected chi connectivity index (χ1v) is 5.71. The van der Waals surface area contributed by atoms with Crippen LogP contribution in [-0.4, -0.2) is 30.1 Å². The molecule has 0 radical (unpaired) electrons. The Morgan fingerprint density at radius 3 is 2.68 bits per heavy atom. The van der Waals surface area contributed by atoms with Crippen molar-refractivity contribution in [1.29, 1.82) is 0 Å². The van der Waals surface area contributed by atoms with Crippen molar-refractivity contribution < 1.29 is 19.4 Å². The molecule has 0 atom stereocenters. The molecule has 0 saturated carbocycles. The summed E-state index contributed by atoms with van der Waals surface area (Å²) in [5, 5.41) is 13.5. The second-order valence-corrected chi connectivity index (χ2v) is 4.77. The van der Waals surface area contributed by atoms with Gasteiger partial charge in [0.15, 0.2) is 11.5 Å². The molecule has 0 unspecified atom stereocenters. The van der Waals surface area contributed by atoms with Crippen LogP contribution in [0.1, 0.15) is 26.3 Å². The number of benzene rings is 1. The van der Waals surface area contributed by atoms with E-state index < -0.39 is 11.7 Å². The minimum Gasteiger partial charge on any atom is -0.504 e. The highest BCUT2D eigenvalue weighted by atomic mass is 16.6. The summed E-state index contributed by atoms with van der Waals surface area (Å²) in [4.78, 5) is 11.3. The van der Waals surface area contributed by atoms with Crippen LogP contribution in [0.25, 0.3) is 0 Å². The van der Waals surface area contributed by atoms with Gasteiger partial charge >= 0.3 is 6.09 Å². The van der Waals surface area contributed by atoms with Crippen LogP contribution in [0.15, 0.2) is 23.3 Å². The second kappa shape index (κ2) is 6.08.